The zero-order valence-electron chi connectivity index (χ0n) is 8.57. The Morgan fingerprint density at radius 3 is 2.31 bits per heavy atom. The van der Waals surface area contributed by atoms with Crippen molar-refractivity contribution in [2.24, 2.45) is 15.7 Å². The number of hydrogen-bond donors (Lipinski definition) is 2. The summed E-state index contributed by atoms with van der Waals surface area (Å²) in [5.41, 5.74) is 5.65. The fraction of sp³-hybridized carbons (Fsp3) is 0.750. The molecule has 3 N–H and O–H groups in total. The van der Waals surface area contributed by atoms with Crippen LogP contribution in [0.5, 0.6) is 0 Å². The topological polar surface area (TPSA) is 66.0 Å². The SMILES string of the molecule is CC1N=C(N)NC(N(C)C)=NC1C. The molecular formula is C8H17N5. The molecule has 1 aliphatic heterocycles. The van der Waals surface area contributed by atoms with Crippen LogP contribution in [0.3, 0.4) is 0 Å². The van der Waals surface area contributed by atoms with Gasteiger partial charge in [0.2, 0.25) is 5.96 Å². The minimum Gasteiger partial charge on any atom is -0.370 e. The molecule has 2 atom stereocenters. The summed E-state index contributed by atoms with van der Waals surface area (Å²) in [6, 6.07) is 0.288. The van der Waals surface area contributed by atoms with Crippen LogP contribution in [0.25, 0.3) is 0 Å². The van der Waals surface area contributed by atoms with Gasteiger partial charge in [-0.15, -0.1) is 0 Å². The van der Waals surface area contributed by atoms with E-state index < -0.39 is 0 Å². The lowest BCUT2D eigenvalue weighted by Gasteiger charge is -2.16. The summed E-state index contributed by atoms with van der Waals surface area (Å²) in [4.78, 5) is 10.6. The summed E-state index contributed by atoms with van der Waals surface area (Å²) >= 11 is 0. The van der Waals surface area contributed by atoms with Gasteiger partial charge >= 0.3 is 0 Å². The molecule has 0 spiro atoms. The van der Waals surface area contributed by atoms with Crippen molar-refractivity contribution in [3.8, 4) is 0 Å². The molecular weight excluding hydrogens is 166 g/mol. The third kappa shape index (κ3) is 2.34. The molecule has 0 bridgehead atoms. The van der Waals surface area contributed by atoms with E-state index in [0.29, 0.717) is 5.96 Å². The number of nitrogens with zero attached hydrogens (tertiary/aromatic N) is 3. The number of nitrogens with two attached hydrogens (primary N) is 1. The number of guanidine groups is 2. The lowest BCUT2D eigenvalue weighted by molar-refractivity contribution is 0.570. The van der Waals surface area contributed by atoms with Gasteiger partial charge in [-0.3, -0.25) is 5.32 Å². The molecule has 0 aromatic rings. The van der Waals surface area contributed by atoms with Gasteiger partial charge < -0.3 is 10.6 Å². The van der Waals surface area contributed by atoms with E-state index in [1.54, 1.807) is 0 Å². The molecule has 0 aliphatic carbocycles. The zero-order chi connectivity index (χ0) is 10.0. The molecule has 5 heteroatoms. The monoisotopic (exact) mass is 183 g/mol. The van der Waals surface area contributed by atoms with Gasteiger partial charge in [0.25, 0.3) is 0 Å². The van der Waals surface area contributed by atoms with Crippen molar-refractivity contribution in [3.63, 3.8) is 0 Å². The van der Waals surface area contributed by atoms with Crippen LogP contribution in [0.2, 0.25) is 0 Å². The Morgan fingerprint density at radius 2 is 1.77 bits per heavy atom. The van der Waals surface area contributed by atoms with Gasteiger partial charge in [-0.2, -0.15) is 0 Å². The van der Waals surface area contributed by atoms with Crippen molar-refractivity contribution in [2.75, 3.05) is 14.1 Å². The summed E-state index contributed by atoms with van der Waals surface area (Å²) in [5.74, 6) is 1.20. The molecule has 1 heterocycles. The summed E-state index contributed by atoms with van der Waals surface area (Å²) in [6.45, 7) is 4.03. The van der Waals surface area contributed by atoms with Gasteiger partial charge in [0.1, 0.15) is 0 Å². The Labute approximate surface area is 78.7 Å². The molecule has 74 valence electrons. The van der Waals surface area contributed by atoms with E-state index in [9.17, 15) is 0 Å². The number of aliphatic imine (C=N–C) groups is 2. The Balaban J connectivity index is 2.89. The zero-order valence-corrected chi connectivity index (χ0v) is 8.57. The van der Waals surface area contributed by atoms with Gasteiger partial charge in [0.05, 0.1) is 12.1 Å². The largest absolute Gasteiger partial charge is 0.370 e. The highest BCUT2D eigenvalue weighted by molar-refractivity contribution is 5.98. The first-order valence-corrected chi connectivity index (χ1v) is 4.36. The minimum absolute atomic E-state index is 0.130. The Hall–Kier alpha value is -1.26. The van der Waals surface area contributed by atoms with Crippen molar-refractivity contribution in [1.29, 1.82) is 0 Å². The van der Waals surface area contributed by atoms with Gasteiger partial charge in [-0.1, -0.05) is 0 Å². The van der Waals surface area contributed by atoms with Crippen molar-refractivity contribution >= 4 is 11.9 Å². The van der Waals surface area contributed by atoms with Gasteiger partial charge in [0, 0.05) is 14.1 Å². The molecule has 0 radical (unpaired) electrons. The van der Waals surface area contributed by atoms with Crippen molar-refractivity contribution < 1.29 is 0 Å². The summed E-state index contributed by atoms with van der Waals surface area (Å²) in [7, 11) is 3.84. The lowest BCUT2D eigenvalue weighted by Crippen LogP contribution is -2.43. The maximum atomic E-state index is 5.65. The van der Waals surface area contributed by atoms with Crippen molar-refractivity contribution in [2.45, 2.75) is 25.9 Å². The summed E-state index contributed by atoms with van der Waals surface area (Å²) in [6.07, 6.45) is 0. The number of hydrogen-bond acceptors (Lipinski definition) is 5. The normalized spacial score (nSPS) is 28.3. The maximum Gasteiger partial charge on any atom is 0.200 e. The second-order valence-corrected chi connectivity index (χ2v) is 3.47. The first-order valence-electron chi connectivity index (χ1n) is 4.36. The van der Waals surface area contributed by atoms with Gasteiger partial charge in [0.15, 0.2) is 5.96 Å². The van der Waals surface area contributed by atoms with E-state index >= 15 is 0 Å². The van der Waals surface area contributed by atoms with E-state index in [-0.39, 0.29) is 12.1 Å². The van der Waals surface area contributed by atoms with Crippen LogP contribution in [0.15, 0.2) is 9.98 Å². The molecule has 0 fully saturated rings. The van der Waals surface area contributed by atoms with Gasteiger partial charge in [-0.05, 0) is 13.8 Å². The molecule has 0 saturated carbocycles. The average Bonchev–Trinajstić information content (AvgIpc) is 2.12. The number of rotatable bonds is 0. The molecule has 5 nitrogen and oxygen atoms in total. The smallest absolute Gasteiger partial charge is 0.200 e. The Kier molecular flexibility index (Phi) is 2.75. The molecule has 0 aromatic carbocycles. The highest BCUT2D eigenvalue weighted by Gasteiger charge is 2.16. The Morgan fingerprint density at radius 1 is 1.23 bits per heavy atom. The second-order valence-electron chi connectivity index (χ2n) is 3.47. The predicted octanol–water partition coefficient (Wildman–Crippen LogP) is -0.401. The van der Waals surface area contributed by atoms with Crippen molar-refractivity contribution in [1.82, 2.24) is 10.2 Å². The highest BCUT2D eigenvalue weighted by atomic mass is 15.3. The summed E-state index contributed by atoms with van der Waals surface area (Å²) < 4.78 is 0. The van der Waals surface area contributed by atoms with Crippen LogP contribution in [0, 0.1) is 0 Å². The quantitative estimate of drug-likeness (QED) is 0.537. The Bertz CT molecular complexity index is 243. The van der Waals surface area contributed by atoms with Crippen LogP contribution in [0.4, 0.5) is 0 Å². The molecule has 13 heavy (non-hydrogen) atoms. The third-order valence-electron chi connectivity index (χ3n) is 2.03. The molecule has 2 unspecified atom stereocenters. The molecule has 0 amide bonds. The average molecular weight is 183 g/mol. The standard InChI is InChI=1S/C8H17N5/c1-5-6(2)11-8(13(3)4)12-7(9)10-5/h5-6H,1-4H3,(H3,9,10,11,12). The van der Waals surface area contributed by atoms with E-state index in [1.807, 2.05) is 32.8 Å². The first kappa shape index (κ1) is 9.83. The van der Waals surface area contributed by atoms with Crippen LogP contribution >= 0.6 is 0 Å². The molecule has 0 saturated heterocycles. The maximum absolute atomic E-state index is 5.65. The fourth-order valence-corrected chi connectivity index (χ4v) is 1.03. The molecule has 1 rings (SSSR count). The first-order chi connectivity index (χ1) is 6.00. The highest BCUT2D eigenvalue weighted by Crippen LogP contribution is 2.05. The second kappa shape index (κ2) is 3.64. The van der Waals surface area contributed by atoms with E-state index in [4.69, 9.17) is 5.73 Å². The molecule has 1 aliphatic rings. The van der Waals surface area contributed by atoms with Crippen molar-refractivity contribution in [3.05, 3.63) is 0 Å². The minimum atomic E-state index is 0.130. The summed E-state index contributed by atoms with van der Waals surface area (Å²) in [5, 5.41) is 2.94. The number of nitrogens with one attached hydrogen (secondary N) is 1. The third-order valence-corrected chi connectivity index (χ3v) is 2.03. The van der Waals surface area contributed by atoms with E-state index in [2.05, 4.69) is 15.3 Å². The van der Waals surface area contributed by atoms with E-state index in [0.717, 1.165) is 5.96 Å². The van der Waals surface area contributed by atoms with Gasteiger partial charge in [-0.25, -0.2) is 9.98 Å². The van der Waals surface area contributed by atoms with E-state index in [1.165, 1.54) is 0 Å². The van der Waals surface area contributed by atoms with Crippen LogP contribution in [-0.4, -0.2) is 43.0 Å². The van der Waals surface area contributed by atoms with Crippen LogP contribution in [-0.2, 0) is 0 Å². The fourth-order valence-electron chi connectivity index (χ4n) is 1.03. The lowest BCUT2D eigenvalue weighted by atomic mass is 10.2. The predicted molar refractivity (Wildman–Crippen MR) is 54.8 cm³/mol. The van der Waals surface area contributed by atoms with Crippen LogP contribution in [0.1, 0.15) is 13.8 Å². The molecule has 0 aromatic heterocycles. The van der Waals surface area contributed by atoms with Crippen LogP contribution < -0.4 is 11.1 Å².